The lowest BCUT2D eigenvalue weighted by molar-refractivity contribution is -0.113. The third kappa shape index (κ3) is 4.20. The second-order valence-electron chi connectivity index (χ2n) is 5.73. The van der Waals surface area contributed by atoms with Crippen LogP contribution in [0.2, 0.25) is 0 Å². The average molecular weight is 384 g/mol. The molecule has 0 aliphatic carbocycles. The highest BCUT2D eigenvalue weighted by Gasteiger charge is 2.13. The quantitative estimate of drug-likeness (QED) is 0.670. The number of fused-ring (bicyclic) bond motifs is 1. The van der Waals surface area contributed by atoms with Crippen LogP contribution in [0.1, 0.15) is 5.82 Å². The van der Waals surface area contributed by atoms with E-state index in [0.29, 0.717) is 42.1 Å². The third-order valence-corrected chi connectivity index (χ3v) is 4.63. The van der Waals surface area contributed by atoms with Crippen molar-refractivity contribution >= 4 is 23.4 Å². The lowest BCUT2D eigenvalue weighted by Gasteiger charge is -2.18. The summed E-state index contributed by atoms with van der Waals surface area (Å²) < 4.78 is 16.1. The van der Waals surface area contributed by atoms with Gasteiger partial charge >= 0.3 is 0 Å². The smallest absolute Gasteiger partial charge is 0.259 e. The molecule has 27 heavy (non-hydrogen) atoms. The van der Waals surface area contributed by atoms with Crippen molar-refractivity contribution in [2.45, 2.75) is 11.9 Å². The van der Waals surface area contributed by atoms with Crippen molar-refractivity contribution in [1.29, 1.82) is 0 Å². The van der Waals surface area contributed by atoms with Gasteiger partial charge in [0.15, 0.2) is 17.3 Å². The fourth-order valence-corrected chi connectivity index (χ4v) is 3.11. The van der Waals surface area contributed by atoms with E-state index >= 15 is 0 Å². The molecule has 3 aromatic rings. The lowest BCUT2D eigenvalue weighted by atomic mass is 10.2. The maximum Gasteiger partial charge on any atom is 0.259 e. The van der Waals surface area contributed by atoms with Crippen LogP contribution < -0.4 is 14.8 Å². The normalized spacial score (nSPS) is 12.6. The molecule has 1 aliphatic rings. The standard InChI is InChI=1S/C18H16N4O4S/c1-11-20-18(26-22-11)12-2-5-17(19-9-12)27-10-16(23)21-13-3-4-14-15(8-13)25-7-6-24-14/h2-5,8-9H,6-7,10H2,1H3,(H,21,23). The first-order valence-corrected chi connectivity index (χ1v) is 9.25. The Hall–Kier alpha value is -3.07. The minimum Gasteiger partial charge on any atom is -0.486 e. The summed E-state index contributed by atoms with van der Waals surface area (Å²) in [5.41, 5.74) is 1.40. The van der Waals surface area contributed by atoms with E-state index in [0.717, 1.165) is 10.6 Å². The van der Waals surface area contributed by atoms with Crippen molar-refractivity contribution < 1.29 is 18.8 Å². The Morgan fingerprint density at radius 2 is 2.04 bits per heavy atom. The molecule has 0 bridgehead atoms. The Balaban J connectivity index is 1.32. The molecule has 1 amide bonds. The topological polar surface area (TPSA) is 99.4 Å². The van der Waals surface area contributed by atoms with Gasteiger partial charge in [-0.2, -0.15) is 4.98 Å². The van der Waals surface area contributed by atoms with Crippen molar-refractivity contribution in [3.63, 3.8) is 0 Å². The Morgan fingerprint density at radius 1 is 1.19 bits per heavy atom. The minimum absolute atomic E-state index is 0.130. The molecule has 1 N–H and O–H groups in total. The molecule has 0 radical (unpaired) electrons. The van der Waals surface area contributed by atoms with Crippen LogP contribution in [0, 0.1) is 6.92 Å². The molecule has 0 unspecified atom stereocenters. The van der Waals surface area contributed by atoms with Crippen molar-refractivity contribution in [3.8, 4) is 23.0 Å². The maximum absolute atomic E-state index is 12.2. The fraction of sp³-hybridized carbons (Fsp3) is 0.222. The van der Waals surface area contributed by atoms with Gasteiger partial charge in [-0.05, 0) is 31.2 Å². The van der Waals surface area contributed by atoms with Crippen LogP contribution in [0.15, 0.2) is 46.1 Å². The molecule has 0 saturated heterocycles. The molecule has 3 heterocycles. The van der Waals surface area contributed by atoms with Gasteiger partial charge in [-0.25, -0.2) is 4.98 Å². The molecular formula is C18H16N4O4S. The highest BCUT2D eigenvalue weighted by molar-refractivity contribution is 7.99. The number of aromatic nitrogens is 3. The van der Waals surface area contributed by atoms with Crippen LogP contribution >= 0.6 is 11.8 Å². The number of aryl methyl sites for hydroxylation is 1. The number of ether oxygens (including phenoxy) is 2. The Bertz CT molecular complexity index is 958. The summed E-state index contributed by atoms with van der Waals surface area (Å²) in [5, 5.41) is 7.33. The molecule has 1 aromatic carbocycles. The first-order chi connectivity index (χ1) is 13.2. The Morgan fingerprint density at radius 3 is 2.78 bits per heavy atom. The van der Waals surface area contributed by atoms with Gasteiger partial charge in [0.2, 0.25) is 5.91 Å². The summed E-state index contributed by atoms with van der Waals surface area (Å²) in [6.45, 7) is 2.79. The number of anilines is 1. The van der Waals surface area contributed by atoms with Crippen molar-refractivity contribution in [2.24, 2.45) is 0 Å². The van der Waals surface area contributed by atoms with E-state index in [4.69, 9.17) is 14.0 Å². The van der Waals surface area contributed by atoms with E-state index in [1.807, 2.05) is 12.1 Å². The summed E-state index contributed by atoms with van der Waals surface area (Å²) in [4.78, 5) is 20.7. The van der Waals surface area contributed by atoms with Crippen LogP contribution in [0.4, 0.5) is 5.69 Å². The molecule has 0 spiro atoms. The van der Waals surface area contributed by atoms with Crippen molar-refractivity contribution in [2.75, 3.05) is 24.3 Å². The van der Waals surface area contributed by atoms with Gasteiger partial charge in [-0.1, -0.05) is 16.9 Å². The van der Waals surface area contributed by atoms with Gasteiger partial charge in [0.1, 0.15) is 13.2 Å². The molecule has 2 aromatic heterocycles. The zero-order valence-electron chi connectivity index (χ0n) is 14.5. The average Bonchev–Trinajstić information content (AvgIpc) is 3.13. The molecule has 0 saturated carbocycles. The molecule has 1 aliphatic heterocycles. The monoisotopic (exact) mass is 384 g/mol. The summed E-state index contributed by atoms with van der Waals surface area (Å²) in [7, 11) is 0. The number of carbonyl (C=O) groups is 1. The first kappa shape index (κ1) is 17.3. The van der Waals surface area contributed by atoms with E-state index < -0.39 is 0 Å². The number of carbonyl (C=O) groups excluding carboxylic acids is 1. The number of hydrogen-bond acceptors (Lipinski definition) is 8. The van der Waals surface area contributed by atoms with Crippen molar-refractivity contribution in [3.05, 3.63) is 42.4 Å². The lowest BCUT2D eigenvalue weighted by Crippen LogP contribution is -2.17. The first-order valence-electron chi connectivity index (χ1n) is 8.26. The Labute approximate surface area is 159 Å². The van der Waals surface area contributed by atoms with Crippen molar-refractivity contribution in [1.82, 2.24) is 15.1 Å². The van der Waals surface area contributed by atoms with E-state index in [1.54, 1.807) is 31.3 Å². The molecule has 0 atom stereocenters. The van der Waals surface area contributed by atoms with Gasteiger partial charge in [-0.15, -0.1) is 0 Å². The molecular weight excluding hydrogens is 368 g/mol. The summed E-state index contributed by atoms with van der Waals surface area (Å²) in [5.74, 6) is 2.43. The zero-order chi connectivity index (χ0) is 18.6. The molecule has 0 fully saturated rings. The molecule has 138 valence electrons. The summed E-state index contributed by atoms with van der Waals surface area (Å²) in [6.07, 6.45) is 1.65. The fourth-order valence-electron chi connectivity index (χ4n) is 2.46. The summed E-state index contributed by atoms with van der Waals surface area (Å²) in [6, 6.07) is 8.99. The maximum atomic E-state index is 12.2. The van der Waals surface area contributed by atoms with Gasteiger partial charge < -0.3 is 19.3 Å². The molecule has 8 nitrogen and oxygen atoms in total. The second kappa shape index (κ2) is 7.67. The van der Waals surface area contributed by atoms with Crippen LogP contribution in [0.25, 0.3) is 11.5 Å². The van der Waals surface area contributed by atoms with Crippen LogP contribution in [-0.4, -0.2) is 40.0 Å². The van der Waals surface area contributed by atoms with Crippen LogP contribution in [0.5, 0.6) is 11.5 Å². The summed E-state index contributed by atoms with van der Waals surface area (Å²) >= 11 is 1.34. The van der Waals surface area contributed by atoms with Crippen LogP contribution in [-0.2, 0) is 4.79 Å². The number of hydrogen-bond donors (Lipinski definition) is 1. The number of pyridine rings is 1. The highest BCUT2D eigenvalue weighted by Crippen LogP contribution is 2.32. The third-order valence-electron chi connectivity index (χ3n) is 3.69. The minimum atomic E-state index is -0.130. The van der Waals surface area contributed by atoms with E-state index in [1.165, 1.54) is 11.8 Å². The van der Waals surface area contributed by atoms with Gasteiger partial charge in [0.25, 0.3) is 5.89 Å². The number of amides is 1. The second-order valence-corrected chi connectivity index (χ2v) is 6.72. The largest absolute Gasteiger partial charge is 0.486 e. The van der Waals surface area contributed by atoms with E-state index in [2.05, 4.69) is 20.4 Å². The Kier molecular flexibility index (Phi) is 4.93. The predicted octanol–water partition coefficient (Wildman–Crippen LogP) is 2.94. The van der Waals surface area contributed by atoms with Gasteiger partial charge in [0, 0.05) is 18.0 Å². The van der Waals surface area contributed by atoms with Crippen LogP contribution in [0.3, 0.4) is 0 Å². The SMILES string of the molecule is Cc1noc(-c2ccc(SCC(=O)Nc3ccc4c(c3)OCCO4)nc2)n1. The number of benzene rings is 1. The van der Waals surface area contributed by atoms with Gasteiger partial charge in [-0.3, -0.25) is 4.79 Å². The number of thioether (sulfide) groups is 1. The number of nitrogens with zero attached hydrogens (tertiary/aromatic N) is 3. The zero-order valence-corrected chi connectivity index (χ0v) is 15.3. The van der Waals surface area contributed by atoms with Gasteiger partial charge in [0.05, 0.1) is 16.3 Å². The predicted molar refractivity (Wildman–Crippen MR) is 99.1 cm³/mol. The number of rotatable bonds is 5. The van der Waals surface area contributed by atoms with E-state index in [-0.39, 0.29) is 11.7 Å². The number of nitrogens with one attached hydrogen (secondary N) is 1. The molecule has 9 heteroatoms. The molecule has 4 rings (SSSR count). The van der Waals surface area contributed by atoms with E-state index in [9.17, 15) is 4.79 Å². The highest BCUT2D eigenvalue weighted by atomic mass is 32.2.